The molecule has 0 spiro atoms. The van der Waals surface area contributed by atoms with Gasteiger partial charge in [-0.15, -0.1) is 0 Å². The lowest BCUT2D eigenvalue weighted by atomic mass is 9.97. The molecule has 1 aromatic carbocycles. The minimum atomic E-state index is 0.595. The van der Waals surface area contributed by atoms with Crippen LogP contribution >= 0.6 is 23.2 Å². The zero-order valence-electron chi connectivity index (χ0n) is 10.8. The SMILES string of the molecule is CNC(CCCc1ccc(Cl)c(Cl)c1)C(C)C. The molecule has 96 valence electrons. The van der Waals surface area contributed by atoms with Gasteiger partial charge in [-0.05, 0) is 49.9 Å². The van der Waals surface area contributed by atoms with Crippen molar-refractivity contribution in [3.8, 4) is 0 Å². The third-order valence-corrected chi connectivity index (χ3v) is 3.88. The Labute approximate surface area is 115 Å². The average molecular weight is 274 g/mol. The predicted octanol–water partition coefficient (Wildman–Crippen LogP) is 4.56. The summed E-state index contributed by atoms with van der Waals surface area (Å²) in [7, 11) is 2.03. The first kappa shape index (κ1) is 14.8. The Morgan fingerprint density at radius 3 is 2.41 bits per heavy atom. The van der Waals surface area contributed by atoms with Crippen molar-refractivity contribution in [1.82, 2.24) is 5.32 Å². The Hall–Kier alpha value is -0.240. The number of hydrogen-bond donors (Lipinski definition) is 1. The van der Waals surface area contributed by atoms with E-state index in [4.69, 9.17) is 23.2 Å². The van der Waals surface area contributed by atoms with E-state index in [-0.39, 0.29) is 0 Å². The summed E-state index contributed by atoms with van der Waals surface area (Å²) in [5.41, 5.74) is 1.26. The van der Waals surface area contributed by atoms with Gasteiger partial charge in [0.2, 0.25) is 0 Å². The van der Waals surface area contributed by atoms with Crippen LogP contribution in [0.1, 0.15) is 32.3 Å². The van der Waals surface area contributed by atoms with Crippen LogP contribution in [0, 0.1) is 5.92 Å². The fourth-order valence-corrected chi connectivity index (χ4v) is 2.35. The normalized spacial score (nSPS) is 13.1. The van der Waals surface area contributed by atoms with Crippen LogP contribution in [0.4, 0.5) is 0 Å². The summed E-state index contributed by atoms with van der Waals surface area (Å²) in [5.74, 6) is 0.675. The molecule has 0 aliphatic rings. The molecule has 1 nitrogen and oxygen atoms in total. The Balaban J connectivity index is 2.42. The monoisotopic (exact) mass is 273 g/mol. The van der Waals surface area contributed by atoms with Gasteiger partial charge in [-0.3, -0.25) is 0 Å². The summed E-state index contributed by atoms with van der Waals surface area (Å²) in [6.07, 6.45) is 3.41. The summed E-state index contributed by atoms with van der Waals surface area (Å²) in [5, 5.41) is 4.64. The van der Waals surface area contributed by atoms with E-state index in [1.807, 2.05) is 19.2 Å². The van der Waals surface area contributed by atoms with E-state index in [1.165, 1.54) is 18.4 Å². The van der Waals surface area contributed by atoms with Crippen LogP contribution in [0.2, 0.25) is 10.0 Å². The van der Waals surface area contributed by atoms with Gasteiger partial charge in [0.15, 0.2) is 0 Å². The number of hydrogen-bond acceptors (Lipinski definition) is 1. The first-order valence-corrected chi connectivity index (χ1v) is 6.91. The van der Waals surface area contributed by atoms with E-state index in [0.29, 0.717) is 22.0 Å². The number of rotatable bonds is 6. The van der Waals surface area contributed by atoms with Gasteiger partial charge >= 0.3 is 0 Å². The number of halogens is 2. The minimum Gasteiger partial charge on any atom is -0.317 e. The van der Waals surface area contributed by atoms with Crippen LogP contribution in [0.25, 0.3) is 0 Å². The van der Waals surface area contributed by atoms with Crippen molar-refractivity contribution >= 4 is 23.2 Å². The maximum absolute atomic E-state index is 5.99. The quantitative estimate of drug-likeness (QED) is 0.801. The standard InChI is InChI=1S/C14H21Cl2N/c1-10(2)14(17-3)6-4-5-11-7-8-12(15)13(16)9-11/h7-10,14,17H,4-6H2,1-3H3. The van der Waals surface area contributed by atoms with Crippen molar-refractivity contribution in [2.75, 3.05) is 7.05 Å². The lowest BCUT2D eigenvalue weighted by Gasteiger charge is -2.19. The maximum atomic E-state index is 5.99. The van der Waals surface area contributed by atoms with Gasteiger partial charge in [0.25, 0.3) is 0 Å². The van der Waals surface area contributed by atoms with Gasteiger partial charge < -0.3 is 5.32 Å². The van der Waals surface area contributed by atoms with E-state index in [1.54, 1.807) is 0 Å². The molecule has 0 saturated heterocycles. The first-order chi connectivity index (χ1) is 8.04. The van der Waals surface area contributed by atoms with E-state index in [9.17, 15) is 0 Å². The molecule has 1 unspecified atom stereocenters. The highest BCUT2D eigenvalue weighted by atomic mass is 35.5. The topological polar surface area (TPSA) is 12.0 Å². The van der Waals surface area contributed by atoms with Crippen LogP contribution < -0.4 is 5.32 Å². The number of benzene rings is 1. The predicted molar refractivity (Wildman–Crippen MR) is 77.1 cm³/mol. The summed E-state index contributed by atoms with van der Waals surface area (Å²) < 4.78 is 0. The third kappa shape index (κ3) is 4.87. The molecule has 1 aromatic rings. The molecule has 0 aliphatic carbocycles. The highest BCUT2D eigenvalue weighted by Gasteiger charge is 2.10. The smallest absolute Gasteiger partial charge is 0.0595 e. The van der Waals surface area contributed by atoms with Gasteiger partial charge in [-0.1, -0.05) is 43.1 Å². The average Bonchev–Trinajstić information content (AvgIpc) is 2.28. The van der Waals surface area contributed by atoms with Crippen molar-refractivity contribution in [3.05, 3.63) is 33.8 Å². The second-order valence-electron chi connectivity index (χ2n) is 4.78. The lowest BCUT2D eigenvalue weighted by molar-refractivity contribution is 0.393. The van der Waals surface area contributed by atoms with Gasteiger partial charge in [-0.2, -0.15) is 0 Å². The third-order valence-electron chi connectivity index (χ3n) is 3.14. The van der Waals surface area contributed by atoms with E-state index in [0.717, 1.165) is 6.42 Å². The summed E-state index contributed by atoms with van der Waals surface area (Å²) >= 11 is 11.9. The Bertz CT molecular complexity index is 350. The second-order valence-corrected chi connectivity index (χ2v) is 5.59. The van der Waals surface area contributed by atoms with E-state index < -0.39 is 0 Å². The molecule has 0 aromatic heterocycles. The van der Waals surface area contributed by atoms with Gasteiger partial charge in [0, 0.05) is 6.04 Å². The largest absolute Gasteiger partial charge is 0.317 e. The summed E-state index contributed by atoms with van der Waals surface area (Å²) in [4.78, 5) is 0. The molecule has 0 aliphatic heterocycles. The summed E-state index contributed by atoms with van der Waals surface area (Å²) in [6.45, 7) is 4.50. The highest BCUT2D eigenvalue weighted by molar-refractivity contribution is 6.42. The van der Waals surface area contributed by atoms with Crippen molar-refractivity contribution in [2.45, 2.75) is 39.2 Å². The molecular formula is C14H21Cl2N. The highest BCUT2D eigenvalue weighted by Crippen LogP contribution is 2.23. The van der Waals surface area contributed by atoms with Crippen LogP contribution in [0.5, 0.6) is 0 Å². The van der Waals surface area contributed by atoms with Gasteiger partial charge in [0.05, 0.1) is 10.0 Å². The molecule has 1 rings (SSSR count). The second kappa shape index (κ2) is 7.25. The van der Waals surface area contributed by atoms with Crippen LogP contribution in [-0.2, 0) is 6.42 Å². The Morgan fingerprint density at radius 1 is 1.18 bits per heavy atom. The fourth-order valence-electron chi connectivity index (χ4n) is 2.03. The zero-order valence-corrected chi connectivity index (χ0v) is 12.3. The van der Waals surface area contributed by atoms with Gasteiger partial charge in [0.1, 0.15) is 0 Å². The van der Waals surface area contributed by atoms with Crippen molar-refractivity contribution in [2.24, 2.45) is 5.92 Å². The molecule has 0 amide bonds. The maximum Gasteiger partial charge on any atom is 0.0595 e. The van der Waals surface area contributed by atoms with Gasteiger partial charge in [-0.25, -0.2) is 0 Å². The minimum absolute atomic E-state index is 0.595. The molecule has 0 bridgehead atoms. The Morgan fingerprint density at radius 2 is 1.88 bits per heavy atom. The van der Waals surface area contributed by atoms with Crippen LogP contribution in [0.3, 0.4) is 0 Å². The van der Waals surface area contributed by atoms with E-state index in [2.05, 4.69) is 25.2 Å². The zero-order chi connectivity index (χ0) is 12.8. The van der Waals surface area contributed by atoms with Crippen molar-refractivity contribution in [3.63, 3.8) is 0 Å². The van der Waals surface area contributed by atoms with Crippen LogP contribution in [-0.4, -0.2) is 13.1 Å². The number of nitrogens with one attached hydrogen (secondary N) is 1. The molecule has 0 fully saturated rings. The molecule has 0 heterocycles. The molecule has 3 heteroatoms. The van der Waals surface area contributed by atoms with Crippen molar-refractivity contribution in [1.29, 1.82) is 0 Å². The van der Waals surface area contributed by atoms with Crippen LogP contribution in [0.15, 0.2) is 18.2 Å². The number of aryl methyl sites for hydroxylation is 1. The molecule has 0 radical (unpaired) electrons. The molecular weight excluding hydrogens is 253 g/mol. The first-order valence-electron chi connectivity index (χ1n) is 6.15. The molecule has 1 N–H and O–H groups in total. The Kier molecular flexibility index (Phi) is 6.32. The molecule has 0 saturated carbocycles. The lowest BCUT2D eigenvalue weighted by Crippen LogP contribution is -2.30. The molecule has 1 atom stereocenters. The summed E-state index contributed by atoms with van der Waals surface area (Å²) in [6, 6.07) is 6.49. The molecule has 17 heavy (non-hydrogen) atoms. The van der Waals surface area contributed by atoms with Crippen molar-refractivity contribution < 1.29 is 0 Å². The van der Waals surface area contributed by atoms with E-state index >= 15 is 0 Å². The fraction of sp³-hybridized carbons (Fsp3) is 0.571.